The Kier molecular flexibility index (Phi) is 4.92. The third kappa shape index (κ3) is 3.46. The van der Waals surface area contributed by atoms with Crippen LogP contribution in [0.5, 0.6) is 0 Å². The van der Waals surface area contributed by atoms with Crippen LogP contribution in [0.2, 0.25) is 0 Å². The van der Waals surface area contributed by atoms with Crippen LogP contribution in [0.3, 0.4) is 0 Å². The highest BCUT2D eigenvalue weighted by Gasteiger charge is 2.14. The van der Waals surface area contributed by atoms with Crippen molar-refractivity contribution in [2.24, 2.45) is 0 Å². The smallest absolute Gasteiger partial charge is 0.272 e. The Morgan fingerprint density at radius 3 is 2.95 bits per heavy atom. The van der Waals surface area contributed by atoms with E-state index in [0.717, 1.165) is 10.2 Å². The normalized spacial score (nSPS) is 12.2. The van der Waals surface area contributed by atoms with Crippen molar-refractivity contribution >= 4 is 21.8 Å². The van der Waals surface area contributed by atoms with Crippen LogP contribution in [-0.4, -0.2) is 33.4 Å². The first-order chi connectivity index (χ1) is 9.63. The molecular weight excluding hydrogens is 322 g/mol. The lowest BCUT2D eigenvalue weighted by molar-refractivity contribution is 0.0909. The molecule has 1 heterocycles. The predicted octanol–water partition coefficient (Wildman–Crippen LogP) is 2.14. The molecule has 2 rings (SSSR count). The summed E-state index contributed by atoms with van der Waals surface area (Å²) >= 11 is 3.40. The standard InChI is InChI=1S/C14H16BrN3O2/c1-2-11(9-19)16-14(20)13-6-7-18(17-13)12-5-3-4-10(15)8-12/h3-8,11,19H,2,9H2,1H3,(H,16,20). The molecule has 0 radical (unpaired) electrons. The molecule has 0 saturated heterocycles. The molecule has 1 atom stereocenters. The van der Waals surface area contributed by atoms with E-state index < -0.39 is 0 Å². The molecule has 0 aliphatic heterocycles. The summed E-state index contributed by atoms with van der Waals surface area (Å²) in [5.41, 5.74) is 1.20. The lowest BCUT2D eigenvalue weighted by atomic mass is 10.2. The number of aliphatic hydroxyl groups is 1. The van der Waals surface area contributed by atoms with Crippen LogP contribution in [0.1, 0.15) is 23.8 Å². The van der Waals surface area contributed by atoms with Crippen LogP contribution in [0, 0.1) is 0 Å². The molecule has 0 spiro atoms. The lowest BCUT2D eigenvalue weighted by Crippen LogP contribution is -2.37. The van der Waals surface area contributed by atoms with Gasteiger partial charge in [0.2, 0.25) is 0 Å². The van der Waals surface area contributed by atoms with Crippen LogP contribution in [0.25, 0.3) is 5.69 Å². The van der Waals surface area contributed by atoms with Gasteiger partial charge in [-0.2, -0.15) is 5.10 Å². The van der Waals surface area contributed by atoms with Crippen LogP contribution < -0.4 is 5.32 Å². The number of carbonyl (C=O) groups excluding carboxylic acids is 1. The number of rotatable bonds is 5. The maximum Gasteiger partial charge on any atom is 0.272 e. The number of nitrogens with one attached hydrogen (secondary N) is 1. The van der Waals surface area contributed by atoms with Crippen LogP contribution >= 0.6 is 15.9 Å². The summed E-state index contributed by atoms with van der Waals surface area (Å²) in [6.45, 7) is 1.83. The third-order valence-corrected chi connectivity index (χ3v) is 3.44. The van der Waals surface area contributed by atoms with Gasteiger partial charge in [-0.15, -0.1) is 0 Å². The number of benzene rings is 1. The van der Waals surface area contributed by atoms with Gasteiger partial charge in [0.25, 0.3) is 5.91 Å². The molecule has 1 aromatic carbocycles. The number of hydrogen-bond acceptors (Lipinski definition) is 3. The zero-order chi connectivity index (χ0) is 14.5. The topological polar surface area (TPSA) is 67.2 Å². The highest BCUT2D eigenvalue weighted by Crippen LogP contribution is 2.15. The summed E-state index contributed by atoms with van der Waals surface area (Å²) in [6, 6.07) is 9.06. The van der Waals surface area contributed by atoms with Crippen molar-refractivity contribution in [1.29, 1.82) is 0 Å². The molecule has 0 bridgehead atoms. The maximum atomic E-state index is 12.0. The van der Waals surface area contributed by atoms with Gasteiger partial charge in [0.05, 0.1) is 18.3 Å². The summed E-state index contributed by atoms with van der Waals surface area (Å²) < 4.78 is 2.59. The van der Waals surface area contributed by atoms with E-state index >= 15 is 0 Å². The molecule has 0 aliphatic rings. The number of amides is 1. The Morgan fingerprint density at radius 2 is 2.30 bits per heavy atom. The highest BCUT2D eigenvalue weighted by atomic mass is 79.9. The Balaban J connectivity index is 2.14. The van der Waals surface area contributed by atoms with E-state index in [-0.39, 0.29) is 18.6 Å². The fraction of sp³-hybridized carbons (Fsp3) is 0.286. The molecular formula is C14H16BrN3O2. The van der Waals surface area contributed by atoms with Crippen molar-refractivity contribution in [3.63, 3.8) is 0 Å². The molecule has 0 fully saturated rings. The Bertz CT molecular complexity index is 594. The van der Waals surface area contributed by atoms with Gasteiger partial charge in [0.15, 0.2) is 5.69 Å². The highest BCUT2D eigenvalue weighted by molar-refractivity contribution is 9.10. The van der Waals surface area contributed by atoms with Crippen LogP contribution in [0.15, 0.2) is 41.0 Å². The van der Waals surface area contributed by atoms with Gasteiger partial charge < -0.3 is 10.4 Å². The molecule has 5 nitrogen and oxygen atoms in total. The van der Waals surface area contributed by atoms with Gasteiger partial charge in [0, 0.05) is 10.7 Å². The van der Waals surface area contributed by atoms with Crippen molar-refractivity contribution in [2.75, 3.05) is 6.61 Å². The fourth-order valence-corrected chi connectivity index (χ4v) is 2.13. The van der Waals surface area contributed by atoms with E-state index in [2.05, 4.69) is 26.3 Å². The fourth-order valence-electron chi connectivity index (χ4n) is 1.74. The van der Waals surface area contributed by atoms with E-state index in [1.807, 2.05) is 31.2 Å². The third-order valence-electron chi connectivity index (χ3n) is 2.94. The summed E-state index contributed by atoms with van der Waals surface area (Å²) in [7, 11) is 0. The molecule has 6 heteroatoms. The summed E-state index contributed by atoms with van der Waals surface area (Å²) in [5, 5.41) is 16.1. The number of halogens is 1. The largest absolute Gasteiger partial charge is 0.394 e. The number of aliphatic hydroxyl groups excluding tert-OH is 1. The molecule has 106 valence electrons. The lowest BCUT2D eigenvalue weighted by Gasteiger charge is -2.12. The zero-order valence-corrected chi connectivity index (χ0v) is 12.7. The van der Waals surface area contributed by atoms with E-state index in [1.165, 1.54) is 0 Å². The first kappa shape index (κ1) is 14.7. The van der Waals surface area contributed by atoms with Crippen LogP contribution in [0.4, 0.5) is 0 Å². The average molecular weight is 338 g/mol. The van der Waals surface area contributed by atoms with E-state index in [4.69, 9.17) is 5.11 Å². The molecule has 0 aliphatic carbocycles. The van der Waals surface area contributed by atoms with E-state index in [0.29, 0.717) is 12.1 Å². The summed E-state index contributed by atoms with van der Waals surface area (Å²) in [4.78, 5) is 12.0. The summed E-state index contributed by atoms with van der Waals surface area (Å²) in [6.07, 6.45) is 2.41. The van der Waals surface area contributed by atoms with E-state index in [1.54, 1.807) is 16.9 Å². The van der Waals surface area contributed by atoms with Gasteiger partial charge in [-0.05, 0) is 30.7 Å². The van der Waals surface area contributed by atoms with Gasteiger partial charge in [-0.25, -0.2) is 4.68 Å². The molecule has 2 aromatic rings. The molecule has 1 amide bonds. The Hall–Kier alpha value is -1.66. The minimum atomic E-state index is -0.278. The van der Waals surface area contributed by atoms with Crippen molar-refractivity contribution in [3.8, 4) is 5.69 Å². The van der Waals surface area contributed by atoms with Crippen molar-refractivity contribution in [2.45, 2.75) is 19.4 Å². The SMILES string of the molecule is CCC(CO)NC(=O)c1ccn(-c2cccc(Br)c2)n1. The van der Waals surface area contributed by atoms with Gasteiger partial charge in [0.1, 0.15) is 0 Å². The molecule has 20 heavy (non-hydrogen) atoms. The second kappa shape index (κ2) is 6.67. The Morgan fingerprint density at radius 1 is 1.50 bits per heavy atom. The molecule has 1 aromatic heterocycles. The van der Waals surface area contributed by atoms with Crippen molar-refractivity contribution in [1.82, 2.24) is 15.1 Å². The Labute approximate surface area is 125 Å². The first-order valence-electron chi connectivity index (χ1n) is 6.37. The molecule has 2 N–H and O–H groups in total. The zero-order valence-electron chi connectivity index (χ0n) is 11.1. The molecule has 0 saturated carbocycles. The predicted molar refractivity (Wildman–Crippen MR) is 79.9 cm³/mol. The average Bonchev–Trinajstić information content (AvgIpc) is 2.94. The first-order valence-corrected chi connectivity index (χ1v) is 7.16. The van der Waals surface area contributed by atoms with Crippen molar-refractivity contribution in [3.05, 3.63) is 46.7 Å². The monoisotopic (exact) mass is 337 g/mol. The number of hydrogen-bond donors (Lipinski definition) is 2. The summed E-state index contributed by atoms with van der Waals surface area (Å²) in [5.74, 6) is -0.278. The van der Waals surface area contributed by atoms with Crippen molar-refractivity contribution < 1.29 is 9.90 Å². The minimum Gasteiger partial charge on any atom is -0.394 e. The number of aromatic nitrogens is 2. The minimum absolute atomic E-state index is 0.0748. The maximum absolute atomic E-state index is 12.0. The van der Waals surface area contributed by atoms with Gasteiger partial charge >= 0.3 is 0 Å². The van der Waals surface area contributed by atoms with Gasteiger partial charge in [-0.3, -0.25) is 4.79 Å². The van der Waals surface area contributed by atoms with Crippen LogP contribution in [-0.2, 0) is 0 Å². The number of carbonyl (C=O) groups is 1. The second-order valence-corrected chi connectivity index (χ2v) is 5.30. The van der Waals surface area contributed by atoms with Gasteiger partial charge in [-0.1, -0.05) is 28.9 Å². The molecule has 1 unspecified atom stereocenters. The number of nitrogens with zero attached hydrogens (tertiary/aromatic N) is 2. The van der Waals surface area contributed by atoms with E-state index in [9.17, 15) is 4.79 Å². The quantitative estimate of drug-likeness (QED) is 0.878. The second-order valence-electron chi connectivity index (χ2n) is 4.39.